The third-order valence-electron chi connectivity index (χ3n) is 4.76. The zero-order valence-electron chi connectivity index (χ0n) is 13.9. The summed E-state index contributed by atoms with van der Waals surface area (Å²) in [4.78, 5) is 22.7. The predicted molar refractivity (Wildman–Crippen MR) is 98.2 cm³/mol. The van der Waals surface area contributed by atoms with E-state index in [9.17, 15) is 4.79 Å². The summed E-state index contributed by atoms with van der Waals surface area (Å²) in [6.07, 6.45) is 5.69. The normalized spacial score (nSPS) is 14.4. The predicted octanol–water partition coefficient (Wildman–Crippen LogP) is 4.24. The number of nitrogens with one attached hydrogen (secondary N) is 1. The minimum absolute atomic E-state index is 0.0195. The number of aryl methyl sites for hydroxylation is 3. The zero-order chi connectivity index (χ0) is 16.7. The van der Waals surface area contributed by atoms with Gasteiger partial charge in [-0.3, -0.25) is 4.79 Å². The molecular formula is C19H20N2O2S. The molecular weight excluding hydrogens is 320 g/mol. The van der Waals surface area contributed by atoms with E-state index in [0.29, 0.717) is 5.82 Å². The Hall–Kier alpha value is -2.14. The van der Waals surface area contributed by atoms with E-state index >= 15 is 0 Å². The smallest absolute Gasteiger partial charge is 0.260 e. The monoisotopic (exact) mass is 340 g/mol. The number of rotatable bonds is 2. The van der Waals surface area contributed by atoms with Gasteiger partial charge in [0.1, 0.15) is 16.4 Å². The summed E-state index contributed by atoms with van der Waals surface area (Å²) in [7, 11) is 1.65. The molecule has 4 nitrogen and oxygen atoms in total. The number of ether oxygens (including phenoxy) is 1. The number of fused-ring (bicyclic) bond motifs is 3. The van der Waals surface area contributed by atoms with Crippen molar-refractivity contribution < 1.29 is 4.74 Å². The molecule has 0 radical (unpaired) electrons. The van der Waals surface area contributed by atoms with Crippen LogP contribution in [0.2, 0.25) is 0 Å². The van der Waals surface area contributed by atoms with Crippen LogP contribution in [-0.4, -0.2) is 17.1 Å². The molecule has 0 aliphatic heterocycles. The van der Waals surface area contributed by atoms with E-state index in [2.05, 4.69) is 4.98 Å². The van der Waals surface area contributed by atoms with Gasteiger partial charge in [-0.25, -0.2) is 4.98 Å². The van der Waals surface area contributed by atoms with Crippen molar-refractivity contribution in [3.63, 3.8) is 0 Å². The van der Waals surface area contributed by atoms with Crippen LogP contribution in [0.4, 0.5) is 0 Å². The highest BCUT2D eigenvalue weighted by Gasteiger charge is 2.19. The first kappa shape index (κ1) is 15.4. The molecule has 0 fully saturated rings. The summed E-state index contributed by atoms with van der Waals surface area (Å²) in [6, 6.07) is 5.89. The van der Waals surface area contributed by atoms with Crippen LogP contribution in [0, 0.1) is 6.92 Å². The van der Waals surface area contributed by atoms with E-state index in [-0.39, 0.29) is 5.56 Å². The lowest BCUT2D eigenvalue weighted by molar-refractivity contribution is 0.412. The summed E-state index contributed by atoms with van der Waals surface area (Å²) < 4.78 is 5.39. The van der Waals surface area contributed by atoms with Crippen molar-refractivity contribution in [3.05, 3.63) is 44.6 Å². The summed E-state index contributed by atoms with van der Waals surface area (Å²) in [5, 5.41) is 0.805. The Balaban J connectivity index is 1.88. The summed E-state index contributed by atoms with van der Waals surface area (Å²) >= 11 is 1.69. The lowest BCUT2D eigenvalue weighted by Crippen LogP contribution is -2.10. The number of methoxy groups -OCH3 is 1. The fourth-order valence-corrected chi connectivity index (χ4v) is 4.71. The quantitative estimate of drug-likeness (QED) is 0.710. The molecule has 2 heterocycles. The van der Waals surface area contributed by atoms with E-state index in [4.69, 9.17) is 9.72 Å². The van der Waals surface area contributed by atoms with Crippen LogP contribution < -0.4 is 10.3 Å². The third kappa shape index (κ3) is 2.53. The average Bonchev–Trinajstić information content (AvgIpc) is 2.77. The molecule has 3 aromatic rings. The molecule has 0 saturated carbocycles. The van der Waals surface area contributed by atoms with E-state index in [1.807, 2.05) is 25.1 Å². The molecule has 0 spiro atoms. The summed E-state index contributed by atoms with van der Waals surface area (Å²) in [5.41, 5.74) is 3.15. The van der Waals surface area contributed by atoms with Gasteiger partial charge in [0, 0.05) is 10.4 Å². The average molecular weight is 340 g/mol. The Morgan fingerprint density at radius 3 is 2.88 bits per heavy atom. The van der Waals surface area contributed by atoms with Crippen LogP contribution >= 0.6 is 11.3 Å². The summed E-state index contributed by atoms with van der Waals surface area (Å²) in [5.74, 6) is 1.42. The molecule has 0 amide bonds. The fourth-order valence-electron chi connectivity index (χ4n) is 3.44. The Labute approximate surface area is 144 Å². The molecule has 5 heteroatoms. The molecule has 1 aliphatic rings. The number of hydrogen-bond donors (Lipinski definition) is 1. The second-order valence-electron chi connectivity index (χ2n) is 6.34. The van der Waals surface area contributed by atoms with Crippen LogP contribution in [0.1, 0.15) is 35.3 Å². The highest BCUT2D eigenvalue weighted by atomic mass is 32.1. The largest absolute Gasteiger partial charge is 0.496 e. The van der Waals surface area contributed by atoms with Crippen molar-refractivity contribution >= 4 is 21.6 Å². The van der Waals surface area contributed by atoms with E-state index in [1.54, 1.807) is 18.4 Å². The first-order chi connectivity index (χ1) is 11.7. The molecule has 1 aliphatic carbocycles. The minimum Gasteiger partial charge on any atom is -0.496 e. The van der Waals surface area contributed by atoms with Crippen molar-refractivity contribution in [1.82, 2.24) is 9.97 Å². The van der Waals surface area contributed by atoms with Crippen molar-refractivity contribution in [2.24, 2.45) is 0 Å². The van der Waals surface area contributed by atoms with Crippen molar-refractivity contribution in [3.8, 4) is 17.1 Å². The number of benzene rings is 1. The van der Waals surface area contributed by atoms with E-state index in [0.717, 1.165) is 46.4 Å². The van der Waals surface area contributed by atoms with Gasteiger partial charge in [0.05, 0.1) is 12.5 Å². The molecule has 2 aromatic heterocycles. The van der Waals surface area contributed by atoms with Gasteiger partial charge in [-0.15, -0.1) is 11.3 Å². The maximum Gasteiger partial charge on any atom is 0.260 e. The van der Waals surface area contributed by atoms with Gasteiger partial charge in [-0.2, -0.15) is 0 Å². The van der Waals surface area contributed by atoms with Gasteiger partial charge in [-0.05, 0) is 49.8 Å². The molecule has 0 unspecified atom stereocenters. The number of aromatic nitrogens is 2. The molecule has 1 N–H and O–H groups in total. The molecule has 4 rings (SSSR count). The first-order valence-corrected chi connectivity index (χ1v) is 9.18. The van der Waals surface area contributed by atoms with Gasteiger partial charge in [0.2, 0.25) is 0 Å². The molecule has 0 atom stereocenters. The second kappa shape index (κ2) is 6.06. The lowest BCUT2D eigenvalue weighted by atomic mass is 10.1. The highest BCUT2D eigenvalue weighted by Crippen LogP contribution is 2.34. The Kier molecular flexibility index (Phi) is 3.88. The van der Waals surface area contributed by atoms with Gasteiger partial charge in [-0.1, -0.05) is 18.6 Å². The van der Waals surface area contributed by atoms with Crippen molar-refractivity contribution in [1.29, 1.82) is 0 Å². The maximum absolute atomic E-state index is 12.7. The number of thiophene rings is 1. The van der Waals surface area contributed by atoms with E-state index < -0.39 is 0 Å². The molecule has 1 aromatic carbocycles. The van der Waals surface area contributed by atoms with Gasteiger partial charge < -0.3 is 9.72 Å². The SMILES string of the molecule is COc1cc(-c2nc3sc4c(c3c(=O)[nH]2)CCCCC4)ccc1C. The van der Waals surface area contributed by atoms with Gasteiger partial charge in [0.25, 0.3) is 5.56 Å². The number of nitrogens with zero attached hydrogens (tertiary/aromatic N) is 1. The molecule has 24 heavy (non-hydrogen) atoms. The number of H-pyrrole nitrogens is 1. The minimum atomic E-state index is -0.0195. The zero-order valence-corrected chi connectivity index (χ0v) is 14.8. The fraction of sp³-hybridized carbons (Fsp3) is 0.368. The maximum atomic E-state index is 12.7. The molecule has 0 saturated heterocycles. The number of hydrogen-bond acceptors (Lipinski definition) is 4. The van der Waals surface area contributed by atoms with Crippen molar-refractivity contribution in [2.75, 3.05) is 7.11 Å². The molecule has 124 valence electrons. The van der Waals surface area contributed by atoms with Crippen LogP contribution in [0.5, 0.6) is 5.75 Å². The lowest BCUT2D eigenvalue weighted by Gasteiger charge is -2.07. The summed E-state index contributed by atoms with van der Waals surface area (Å²) in [6.45, 7) is 2.00. The topological polar surface area (TPSA) is 55.0 Å². The van der Waals surface area contributed by atoms with Crippen LogP contribution in [-0.2, 0) is 12.8 Å². The third-order valence-corrected chi connectivity index (χ3v) is 5.94. The van der Waals surface area contributed by atoms with Crippen LogP contribution in [0.15, 0.2) is 23.0 Å². The Bertz CT molecular complexity index is 971. The van der Waals surface area contributed by atoms with E-state index in [1.165, 1.54) is 23.3 Å². The van der Waals surface area contributed by atoms with Gasteiger partial charge in [0.15, 0.2) is 0 Å². The second-order valence-corrected chi connectivity index (χ2v) is 7.43. The highest BCUT2D eigenvalue weighted by molar-refractivity contribution is 7.18. The first-order valence-electron chi connectivity index (χ1n) is 8.37. The number of aromatic amines is 1. The molecule has 0 bridgehead atoms. The van der Waals surface area contributed by atoms with Crippen LogP contribution in [0.25, 0.3) is 21.6 Å². The standard InChI is InChI=1S/C19H20N2O2S/c1-11-8-9-12(10-14(11)23-2)17-20-18(22)16-13-6-4-3-5-7-15(13)24-19(16)21-17/h8-10H,3-7H2,1-2H3,(H,20,21,22). The Morgan fingerprint density at radius 2 is 2.04 bits per heavy atom. The van der Waals surface area contributed by atoms with Crippen molar-refractivity contribution in [2.45, 2.75) is 39.0 Å². The Morgan fingerprint density at radius 1 is 1.21 bits per heavy atom. The van der Waals surface area contributed by atoms with Gasteiger partial charge >= 0.3 is 0 Å². The van der Waals surface area contributed by atoms with Crippen LogP contribution in [0.3, 0.4) is 0 Å².